The molecule has 0 radical (unpaired) electrons. The molecule has 0 N–H and O–H groups in total. The molecule has 0 saturated carbocycles. The van der Waals surface area contributed by atoms with Gasteiger partial charge in [-0.15, -0.1) is 23.2 Å². The minimum Gasteiger partial charge on any atom is -0.125 e. The van der Waals surface area contributed by atoms with E-state index >= 15 is 0 Å². The first-order valence-corrected chi connectivity index (χ1v) is 5.10. The van der Waals surface area contributed by atoms with Crippen molar-refractivity contribution in [1.82, 2.24) is 0 Å². The third-order valence-electron chi connectivity index (χ3n) is 0.0714. The Morgan fingerprint density at radius 1 is 1.17 bits per heavy atom. The van der Waals surface area contributed by atoms with Gasteiger partial charge in [-0.05, 0) is 10.2 Å². The second-order valence-corrected chi connectivity index (χ2v) is 1.13. The highest BCUT2D eigenvalue weighted by atomic mass is 35.5. The summed E-state index contributed by atoms with van der Waals surface area (Å²) in [6, 6.07) is 0. The van der Waals surface area contributed by atoms with E-state index in [1.54, 1.807) is 0 Å². The van der Waals surface area contributed by atoms with Crippen molar-refractivity contribution in [2.75, 3.05) is 11.8 Å². The van der Waals surface area contributed by atoms with Crippen LogP contribution >= 0.6 is 23.2 Å². The molecule has 0 bridgehead atoms. The molecule has 0 saturated heterocycles. The van der Waals surface area contributed by atoms with Gasteiger partial charge in [0.05, 0.1) is 0 Å². The zero-order valence-electron chi connectivity index (χ0n) is 4.17. The van der Waals surface area contributed by atoms with Crippen LogP contribution in [0.4, 0.5) is 0 Å². The van der Waals surface area contributed by atoms with E-state index in [4.69, 9.17) is 23.2 Å². The van der Waals surface area contributed by atoms with Gasteiger partial charge in [0.25, 0.3) is 0 Å². The van der Waals surface area contributed by atoms with Crippen LogP contribution in [0.15, 0.2) is 0 Å². The van der Waals surface area contributed by atoms with Gasteiger partial charge in [-0.3, -0.25) is 0 Å². The number of rotatable bonds is 1. The van der Waals surface area contributed by atoms with Gasteiger partial charge < -0.3 is 0 Å². The van der Waals surface area contributed by atoms with Crippen molar-refractivity contribution in [3.63, 3.8) is 0 Å². The minimum atomic E-state index is 0.557. The fourth-order valence-corrected chi connectivity index (χ4v) is 0. The Bertz CT molecular complexity index is 10.8. The van der Waals surface area contributed by atoms with Crippen LogP contribution in [-0.4, -0.2) is 22.0 Å². The smallest absolute Gasteiger partial charge is 0.0359 e. The summed E-state index contributed by atoms with van der Waals surface area (Å²) in [5.41, 5.74) is 0. The third kappa shape index (κ3) is 21.4. The summed E-state index contributed by atoms with van der Waals surface area (Å²) < 4.78 is 0. The lowest BCUT2D eigenvalue weighted by Gasteiger charge is -1.63. The molecule has 0 aliphatic rings. The minimum absolute atomic E-state index is 0.557. The molecule has 0 aliphatic heterocycles. The van der Waals surface area contributed by atoms with E-state index in [1.165, 1.54) is 10.2 Å². The van der Waals surface area contributed by atoms with Crippen LogP contribution in [0, 0.1) is 0 Å². The molecular formula is C3H10Cl2Si. The molecule has 40 valence electrons. The number of alkyl halides is 2. The summed E-state index contributed by atoms with van der Waals surface area (Å²) in [4.78, 5) is 0. The van der Waals surface area contributed by atoms with Gasteiger partial charge in [0.1, 0.15) is 0 Å². The van der Waals surface area contributed by atoms with Crippen LogP contribution in [0.2, 0.25) is 6.55 Å². The highest BCUT2D eigenvalue weighted by Crippen LogP contribution is 1.75. The predicted octanol–water partition coefficient (Wildman–Crippen LogP) is 0.864. The molecule has 0 spiro atoms. The topological polar surface area (TPSA) is 0 Å². The Morgan fingerprint density at radius 3 is 1.33 bits per heavy atom. The second kappa shape index (κ2) is 17.1. The largest absolute Gasteiger partial charge is 0.125 e. The van der Waals surface area contributed by atoms with Crippen molar-refractivity contribution in [2.45, 2.75) is 6.55 Å². The molecule has 0 aromatic carbocycles. The lowest BCUT2D eigenvalue weighted by Crippen LogP contribution is -1.63. The average Bonchev–Trinajstić information content (AvgIpc) is 1.72. The van der Waals surface area contributed by atoms with Crippen LogP contribution in [0.25, 0.3) is 0 Å². The first-order chi connectivity index (χ1) is 2.91. The van der Waals surface area contributed by atoms with Crippen molar-refractivity contribution in [3.05, 3.63) is 0 Å². The molecule has 0 nitrogen and oxygen atoms in total. The quantitative estimate of drug-likeness (QED) is 0.379. The monoisotopic (exact) mass is 144 g/mol. The molecule has 0 rings (SSSR count). The summed E-state index contributed by atoms with van der Waals surface area (Å²) in [5.74, 6) is 1.11. The van der Waals surface area contributed by atoms with E-state index < -0.39 is 0 Å². The first kappa shape index (κ1) is 9.93. The molecule has 0 amide bonds. The molecular weight excluding hydrogens is 135 g/mol. The van der Waals surface area contributed by atoms with Gasteiger partial charge in [-0.2, -0.15) is 0 Å². The average molecular weight is 145 g/mol. The molecule has 0 heterocycles. The van der Waals surface area contributed by atoms with Gasteiger partial charge in [0, 0.05) is 11.8 Å². The molecule has 0 aromatic heterocycles. The highest BCUT2D eigenvalue weighted by molar-refractivity contribution is 6.25. The SMILES string of the molecule is C[SiH3].ClCCCl. The fourth-order valence-electron chi connectivity index (χ4n) is 0. The maximum absolute atomic E-state index is 5.05. The summed E-state index contributed by atoms with van der Waals surface area (Å²) in [5, 5.41) is 0. The van der Waals surface area contributed by atoms with Crippen LogP contribution in [0.3, 0.4) is 0 Å². The normalized spacial score (nSPS) is 6.50. The zero-order chi connectivity index (χ0) is 5.41. The van der Waals surface area contributed by atoms with E-state index in [0.717, 1.165) is 0 Å². The van der Waals surface area contributed by atoms with Gasteiger partial charge in [-0.1, -0.05) is 6.55 Å². The van der Waals surface area contributed by atoms with Crippen LogP contribution in [0.5, 0.6) is 0 Å². The zero-order valence-corrected chi connectivity index (χ0v) is 7.68. The maximum Gasteiger partial charge on any atom is 0.0359 e. The summed E-state index contributed by atoms with van der Waals surface area (Å²) in [6.45, 7) is 2.14. The van der Waals surface area contributed by atoms with Crippen molar-refractivity contribution in [2.24, 2.45) is 0 Å². The van der Waals surface area contributed by atoms with Gasteiger partial charge >= 0.3 is 0 Å². The molecule has 0 atom stereocenters. The van der Waals surface area contributed by atoms with Gasteiger partial charge in [0.15, 0.2) is 0 Å². The van der Waals surface area contributed by atoms with Crippen LogP contribution in [0.1, 0.15) is 0 Å². The highest BCUT2D eigenvalue weighted by Gasteiger charge is 1.61. The molecule has 3 heteroatoms. The Balaban J connectivity index is 0. The standard InChI is InChI=1S/C2H4Cl2.CH6Si/c3-1-2-4;1-2/h1-2H2;1-2H3. The fraction of sp³-hybridized carbons (Fsp3) is 1.00. The Kier molecular flexibility index (Phi) is 28.2. The summed E-state index contributed by atoms with van der Waals surface area (Å²) >= 11 is 10.1. The van der Waals surface area contributed by atoms with Crippen molar-refractivity contribution < 1.29 is 0 Å². The summed E-state index contributed by atoms with van der Waals surface area (Å²) in [7, 11) is 1.31. The van der Waals surface area contributed by atoms with Gasteiger partial charge in [0.2, 0.25) is 0 Å². The number of hydrogen-bond acceptors (Lipinski definition) is 0. The molecule has 6 heavy (non-hydrogen) atoms. The predicted molar refractivity (Wildman–Crippen MR) is 37.2 cm³/mol. The molecule has 0 aromatic rings. The summed E-state index contributed by atoms with van der Waals surface area (Å²) in [6.07, 6.45) is 0. The molecule has 0 aliphatic carbocycles. The van der Waals surface area contributed by atoms with E-state index in [9.17, 15) is 0 Å². The van der Waals surface area contributed by atoms with E-state index in [1.807, 2.05) is 0 Å². The van der Waals surface area contributed by atoms with E-state index in [0.29, 0.717) is 11.8 Å². The van der Waals surface area contributed by atoms with Crippen LogP contribution in [-0.2, 0) is 0 Å². The molecule has 0 unspecified atom stereocenters. The lowest BCUT2D eigenvalue weighted by atomic mass is 11.0. The van der Waals surface area contributed by atoms with Crippen molar-refractivity contribution >= 4 is 33.4 Å². The lowest BCUT2D eigenvalue weighted by molar-refractivity contribution is 1.52. The van der Waals surface area contributed by atoms with E-state index in [2.05, 4.69) is 6.55 Å². The van der Waals surface area contributed by atoms with E-state index in [-0.39, 0.29) is 0 Å². The van der Waals surface area contributed by atoms with Gasteiger partial charge in [-0.25, -0.2) is 0 Å². The Hall–Kier alpha value is 0.797. The second-order valence-electron chi connectivity index (χ2n) is 0.378. The Labute approximate surface area is 52.3 Å². The maximum atomic E-state index is 5.05. The Morgan fingerprint density at radius 2 is 1.33 bits per heavy atom. The number of hydrogen-bond donors (Lipinski definition) is 0. The first-order valence-electron chi connectivity index (χ1n) is 2.03. The third-order valence-corrected chi connectivity index (χ3v) is 0.643. The van der Waals surface area contributed by atoms with Crippen LogP contribution < -0.4 is 0 Å². The van der Waals surface area contributed by atoms with Crippen molar-refractivity contribution in [1.29, 1.82) is 0 Å². The number of halogens is 2. The van der Waals surface area contributed by atoms with Crippen molar-refractivity contribution in [3.8, 4) is 0 Å². The molecule has 0 fully saturated rings.